The summed E-state index contributed by atoms with van der Waals surface area (Å²) in [5, 5.41) is 2.25. The summed E-state index contributed by atoms with van der Waals surface area (Å²) >= 11 is 0. The van der Waals surface area contributed by atoms with E-state index in [1.807, 2.05) is 0 Å². The average Bonchev–Trinajstić information content (AvgIpc) is 2.48. The van der Waals surface area contributed by atoms with E-state index in [0.717, 1.165) is 4.90 Å². The highest BCUT2D eigenvalue weighted by Crippen LogP contribution is 2.41. The molecule has 1 aromatic rings. The van der Waals surface area contributed by atoms with Crippen LogP contribution in [0.15, 0.2) is 24.3 Å². The zero-order valence-corrected chi connectivity index (χ0v) is 13.5. The number of halogens is 2. The third kappa shape index (κ3) is 3.78. The Labute approximate surface area is 133 Å². The second-order valence-corrected chi connectivity index (χ2v) is 6.52. The highest BCUT2D eigenvalue weighted by molar-refractivity contribution is 5.99. The van der Waals surface area contributed by atoms with Gasteiger partial charge >= 0.3 is 6.09 Å². The molecule has 1 atom stereocenters. The van der Waals surface area contributed by atoms with Gasteiger partial charge in [0.1, 0.15) is 11.6 Å². The Morgan fingerprint density at radius 2 is 1.96 bits per heavy atom. The summed E-state index contributed by atoms with van der Waals surface area (Å²) in [6, 6.07) is 4.45. The number of amides is 2. The number of anilines is 1. The van der Waals surface area contributed by atoms with Crippen LogP contribution in [0, 0.1) is 0 Å². The van der Waals surface area contributed by atoms with Gasteiger partial charge in [0.25, 0.3) is 5.92 Å². The third-order valence-corrected chi connectivity index (χ3v) is 3.44. The van der Waals surface area contributed by atoms with Crippen LogP contribution in [0.2, 0.25) is 0 Å². The molecule has 1 N–H and O–H groups in total. The number of nitrogens with one attached hydrogen (secondary N) is 1. The number of alkyl halides is 2. The summed E-state index contributed by atoms with van der Waals surface area (Å²) < 4.78 is 34.0. The molecule has 2 rings (SSSR count). The molecule has 1 aliphatic rings. The summed E-state index contributed by atoms with van der Waals surface area (Å²) in [5.74, 6) is -3.85. The first kappa shape index (κ1) is 17.2. The normalized spacial score (nSPS) is 20.5. The highest BCUT2D eigenvalue weighted by atomic mass is 19.3. The van der Waals surface area contributed by atoms with Gasteiger partial charge in [0.05, 0.1) is 5.69 Å². The van der Waals surface area contributed by atoms with Gasteiger partial charge < -0.3 is 15.0 Å². The summed E-state index contributed by atoms with van der Waals surface area (Å²) in [4.78, 5) is 25.4. The molecule has 0 saturated heterocycles. The van der Waals surface area contributed by atoms with Crippen molar-refractivity contribution in [1.82, 2.24) is 5.32 Å². The number of fused-ring (bicyclic) bond motifs is 1. The average molecular weight is 326 g/mol. The molecule has 2 amide bonds. The quantitative estimate of drug-likeness (QED) is 0.863. The predicted octanol–water partition coefficient (Wildman–Crippen LogP) is 3.04. The number of carbonyl (C=O) groups excluding carboxylic acids is 2. The van der Waals surface area contributed by atoms with E-state index in [4.69, 9.17) is 4.74 Å². The number of hydrogen-bond acceptors (Lipinski definition) is 3. The lowest BCUT2D eigenvalue weighted by Crippen LogP contribution is -2.49. The van der Waals surface area contributed by atoms with E-state index in [1.165, 1.54) is 25.2 Å². The van der Waals surface area contributed by atoms with E-state index >= 15 is 0 Å². The Hall–Kier alpha value is -2.18. The van der Waals surface area contributed by atoms with Crippen LogP contribution < -0.4 is 10.2 Å². The van der Waals surface area contributed by atoms with Gasteiger partial charge in [0.2, 0.25) is 5.91 Å². The Morgan fingerprint density at radius 1 is 1.35 bits per heavy atom. The molecule has 0 bridgehead atoms. The summed E-state index contributed by atoms with van der Waals surface area (Å²) in [7, 11) is 1.41. The van der Waals surface area contributed by atoms with Crippen molar-refractivity contribution in [3.8, 4) is 0 Å². The maximum atomic E-state index is 14.5. The van der Waals surface area contributed by atoms with E-state index in [1.54, 1.807) is 26.8 Å². The van der Waals surface area contributed by atoms with Crippen LogP contribution in [0.25, 0.3) is 0 Å². The fraction of sp³-hybridized carbons (Fsp3) is 0.500. The first-order valence-electron chi connectivity index (χ1n) is 7.26. The van der Waals surface area contributed by atoms with Gasteiger partial charge in [-0.2, -0.15) is 0 Å². The number of ether oxygens (including phenoxy) is 1. The zero-order chi connectivity index (χ0) is 17.4. The molecule has 0 aliphatic carbocycles. The van der Waals surface area contributed by atoms with Crippen molar-refractivity contribution in [3.63, 3.8) is 0 Å². The molecule has 0 saturated carbocycles. The van der Waals surface area contributed by atoms with Crippen LogP contribution in [0.5, 0.6) is 0 Å². The van der Waals surface area contributed by atoms with Crippen LogP contribution in [0.4, 0.5) is 19.3 Å². The second-order valence-electron chi connectivity index (χ2n) is 6.52. The summed E-state index contributed by atoms with van der Waals surface area (Å²) in [5.41, 5.74) is -0.879. The number of alkyl carbamates (subject to hydrolysis) is 1. The summed E-state index contributed by atoms with van der Waals surface area (Å²) in [6.07, 6.45) is -1.71. The molecule has 0 aromatic heterocycles. The highest BCUT2D eigenvalue weighted by Gasteiger charge is 2.45. The van der Waals surface area contributed by atoms with Crippen LogP contribution >= 0.6 is 0 Å². The number of likely N-dealkylation sites (N-methyl/N-ethyl adjacent to an activating group) is 1. The maximum Gasteiger partial charge on any atom is 0.408 e. The number of hydrogen-bond donors (Lipinski definition) is 1. The number of para-hydroxylation sites is 1. The van der Waals surface area contributed by atoms with E-state index < -0.39 is 36.0 Å². The smallest absolute Gasteiger partial charge is 0.408 e. The molecular weight excluding hydrogens is 306 g/mol. The molecule has 23 heavy (non-hydrogen) atoms. The Bertz CT molecular complexity index is 626. The standard InChI is InChI=1S/C16H20F2N2O3/c1-15(2,3)23-14(22)19-11-9-16(17,18)10-7-5-6-8-12(10)20(4)13(11)21/h5-8,11H,9H2,1-4H3,(H,19,22). The van der Waals surface area contributed by atoms with Crippen LogP contribution in [0.3, 0.4) is 0 Å². The summed E-state index contributed by atoms with van der Waals surface area (Å²) in [6.45, 7) is 4.95. The molecular formula is C16H20F2N2O3. The van der Waals surface area contributed by atoms with Gasteiger partial charge in [-0.1, -0.05) is 18.2 Å². The number of nitrogens with zero attached hydrogens (tertiary/aromatic N) is 1. The molecule has 7 heteroatoms. The largest absolute Gasteiger partial charge is 0.444 e. The molecule has 0 radical (unpaired) electrons. The predicted molar refractivity (Wildman–Crippen MR) is 81.5 cm³/mol. The van der Waals surface area contributed by atoms with Crippen molar-refractivity contribution < 1.29 is 23.1 Å². The van der Waals surface area contributed by atoms with Crippen molar-refractivity contribution in [3.05, 3.63) is 29.8 Å². The maximum absolute atomic E-state index is 14.5. The fourth-order valence-electron chi connectivity index (χ4n) is 2.44. The Morgan fingerprint density at radius 3 is 2.57 bits per heavy atom. The van der Waals surface area contributed by atoms with Crippen molar-refractivity contribution in [2.24, 2.45) is 0 Å². The molecule has 0 spiro atoms. The molecule has 0 fully saturated rings. The van der Waals surface area contributed by atoms with Gasteiger partial charge in [0, 0.05) is 19.0 Å². The van der Waals surface area contributed by atoms with Crippen molar-refractivity contribution in [1.29, 1.82) is 0 Å². The number of carbonyl (C=O) groups is 2. The lowest BCUT2D eigenvalue weighted by atomic mass is 10.0. The minimum absolute atomic E-state index is 0.135. The topological polar surface area (TPSA) is 58.6 Å². The number of benzene rings is 1. The van der Waals surface area contributed by atoms with Gasteiger partial charge in [-0.3, -0.25) is 4.79 Å². The lowest BCUT2D eigenvalue weighted by molar-refractivity contribution is -0.122. The fourth-order valence-corrected chi connectivity index (χ4v) is 2.44. The van der Waals surface area contributed by atoms with E-state index in [9.17, 15) is 18.4 Å². The van der Waals surface area contributed by atoms with Gasteiger partial charge in [-0.25, -0.2) is 13.6 Å². The minimum Gasteiger partial charge on any atom is -0.444 e. The van der Waals surface area contributed by atoms with E-state index in [-0.39, 0.29) is 11.3 Å². The van der Waals surface area contributed by atoms with Crippen molar-refractivity contribution in [2.45, 2.75) is 44.8 Å². The van der Waals surface area contributed by atoms with Crippen LogP contribution in [0.1, 0.15) is 32.8 Å². The van der Waals surface area contributed by atoms with Crippen LogP contribution in [-0.2, 0) is 15.5 Å². The molecule has 1 aromatic carbocycles. The lowest BCUT2D eigenvalue weighted by Gasteiger charge is -2.24. The number of rotatable bonds is 1. The first-order chi connectivity index (χ1) is 10.5. The zero-order valence-electron chi connectivity index (χ0n) is 13.5. The molecule has 1 unspecified atom stereocenters. The SMILES string of the molecule is CN1C(=O)C(NC(=O)OC(C)(C)C)CC(F)(F)c2ccccc21. The monoisotopic (exact) mass is 326 g/mol. The van der Waals surface area contributed by atoms with Gasteiger partial charge in [-0.15, -0.1) is 0 Å². The Balaban J connectivity index is 2.28. The third-order valence-electron chi connectivity index (χ3n) is 3.44. The molecule has 1 aliphatic heterocycles. The van der Waals surface area contributed by atoms with Crippen LogP contribution in [-0.4, -0.2) is 30.7 Å². The van der Waals surface area contributed by atoms with E-state index in [0.29, 0.717) is 0 Å². The van der Waals surface area contributed by atoms with Crippen molar-refractivity contribution in [2.75, 3.05) is 11.9 Å². The van der Waals surface area contributed by atoms with Gasteiger partial charge in [0.15, 0.2) is 0 Å². The minimum atomic E-state index is -3.24. The second kappa shape index (κ2) is 5.79. The first-order valence-corrected chi connectivity index (χ1v) is 7.26. The van der Waals surface area contributed by atoms with Gasteiger partial charge in [-0.05, 0) is 26.8 Å². The molecule has 126 valence electrons. The van der Waals surface area contributed by atoms with E-state index in [2.05, 4.69) is 5.32 Å². The molecule has 5 nitrogen and oxygen atoms in total. The molecule has 1 heterocycles. The van der Waals surface area contributed by atoms with Crippen molar-refractivity contribution >= 4 is 17.7 Å². The Kier molecular flexibility index (Phi) is 4.32.